The van der Waals surface area contributed by atoms with Crippen molar-refractivity contribution in [1.82, 2.24) is 4.90 Å². The lowest BCUT2D eigenvalue weighted by molar-refractivity contribution is 0.0614. The van der Waals surface area contributed by atoms with Crippen LogP contribution in [-0.4, -0.2) is 58.1 Å². The van der Waals surface area contributed by atoms with Crippen LogP contribution >= 0.6 is 11.6 Å². The van der Waals surface area contributed by atoms with Crippen molar-refractivity contribution < 1.29 is 14.1 Å². The van der Waals surface area contributed by atoms with Gasteiger partial charge in [0.2, 0.25) is 0 Å². The predicted molar refractivity (Wildman–Crippen MR) is 91.2 cm³/mol. The van der Waals surface area contributed by atoms with E-state index in [2.05, 4.69) is 4.90 Å². The van der Waals surface area contributed by atoms with E-state index in [1.807, 2.05) is 26.1 Å². The van der Waals surface area contributed by atoms with E-state index in [0.29, 0.717) is 23.4 Å². The molecule has 1 aliphatic rings. The summed E-state index contributed by atoms with van der Waals surface area (Å²) >= 11 is 6.07. The van der Waals surface area contributed by atoms with Gasteiger partial charge >= 0.3 is 0 Å². The summed E-state index contributed by atoms with van der Waals surface area (Å²) in [6, 6.07) is 5.99. The summed E-state index contributed by atoms with van der Waals surface area (Å²) in [6.45, 7) is 2.73. The molecule has 4 nitrogen and oxygen atoms in total. The van der Waals surface area contributed by atoms with Crippen molar-refractivity contribution in [3.05, 3.63) is 28.8 Å². The van der Waals surface area contributed by atoms with Crippen molar-refractivity contribution >= 4 is 22.4 Å². The fourth-order valence-electron chi connectivity index (χ4n) is 2.66. The quantitative estimate of drug-likeness (QED) is 0.859. The number of aliphatic hydroxyl groups excluding tert-OH is 1. The number of aryl methyl sites for hydroxylation is 1. The second-order valence-corrected chi connectivity index (χ2v) is 8.02. The Kier molecular flexibility index (Phi) is 6.68. The first-order valence-corrected chi connectivity index (χ1v) is 9.44. The summed E-state index contributed by atoms with van der Waals surface area (Å²) < 4.78 is 17.0. The van der Waals surface area contributed by atoms with Gasteiger partial charge < -0.3 is 14.7 Å². The van der Waals surface area contributed by atoms with Gasteiger partial charge in [0.15, 0.2) is 0 Å². The molecule has 124 valence electrons. The van der Waals surface area contributed by atoms with Crippen LogP contribution in [0.5, 0.6) is 5.75 Å². The average Bonchev–Trinajstić information content (AvgIpc) is 2.49. The van der Waals surface area contributed by atoms with E-state index in [9.17, 15) is 9.32 Å². The molecule has 1 saturated heterocycles. The van der Waals surface area contributed by atoms with Crippen LogP contribution in [0.1, 0.15) is 18.4 Å². The molecule has 0 aromatic heterocycles. The normalized spacial score (nSPS) is 23.5. The molecular formula is C16H24ClNO3S. The highest BCUT2D eigenvalue weighted by Crippen LogP contribution is 2.25. The molecule has 6 heteroatoms. The molecule has 1 aromatic carbocycles. The van der Waals surface area contributed by atoms with Crippen LogP contribution in [-0.2, 0) is 10.8 Å². The Morgan fingerprint density at radius 3 is 2.82 bits per heavy atom. The van der Waals surface area contributed by atoms with Crippen molar-refractivity contribution in [1.29, 1.82) is 0 Å². The number of aliphatic hydroxyl groups is 1. The summed E-state index contributed by atoms with van der Waals surface area (Å²) in [7, 11) is 1.35. The zero-order valence-electron chi connectivity index (χ0n) is 13.1. The Balaban J connectivity index is 1.78. The number of nitrogens with zero attached hydrogens (tertiary/aromatic N) is 1. The van der Waals surface area contributed by atoms with E-state index >= 15 is 0 Å². The summed E-state index contributed by atoms with van der Waals surface area (Å²) in [6.07, 6.45) is 1.29. The molecule has 1 aromatic rings. The minimum atomic E-state index is -0.652. The maximum Gasteiger partial charge on any atom is 0.138 e. The van der Waals surface area contributed by atoms with Gasteiger partial charge in [-0.2, -0.15) is 0 Å². The van der Waals surface area contributed by atoms with Crippen LogP contribution in [0.15, 0.2) is 18.2 Å². The molecule has 1 heterocycles. The van der Waals surface area contributed by atoms with E-state index in [1.165, 1.54) is 0 Å². The molecular weight excluding hydrogens is 322 g/mol. The van der Waals surface area contributed by atoms with Crippen molar-refractivity contribution in [2.24, 2.45) is 0 Å². The molecule has 0 radical (unpaired) electrons. The minimum absolute atomic E-state index is 0.214. The van der Waals surface area contributed by atoms with Crippen LogP contribution in [0.2, 0.25) is 5.02 Å². The molecule has 0 unspecified atom stereocenters. The van der Waals surface area contributed by atoms with Gasteiger partial charge in [-0.3, -0.25) is 4.21 Å². The number of likely N-dealkylation sites (N-methyl/N-ethyl adjacent to an activating group) is 1. The molecule has 1 atom stereocenters. The molecule has 1 N–H and O–H groups in total. The van der Waals surface area contributed by atoms with Crippen LogP contribution in [0, 0.1) is 6.92 Å². The van der Waals surface area contributed by atoms with Gasteiger partial charge in [0.1, 0.15) is 18.5 Å². The van der Waals surface area contributed by atoms with Crippen LogP contribution in [0.3, 0.4) is 0 Å². The third-order valence-electron chi connectivity index (χ3n) is 4.00. The van der Waals surface area contributed by atoms with Gasteiger partial charge in [-0.05, 0) is 44.5 Å². The first kappa shape index (κ1) is 17.7. The molecule has 2 rings (SSSR count). The van der Waals surface area contributed by atoms with Crippen LogP contribution < -0.4 is 4.74 Å². The number of benzene rings is 1. The third kappa shape index (κ3) is 5.23. The van der Waals surface area contributed by atoms with Gasteiger partial charge in [0, 0.05) is 34.9 Å². The monoisotopic (exact) mass is 345 g/mol. The Bertz CT molecular complexity index is 516. The number of hydrogen-bond donors (Lipinski definition) is 1. The van der Waals surface area contributed by atoms with Crippen LogP contribution in [0.4, 0.5) is 0 Å². The molecule has 1 fully saturated rings. The van der Waals surface area contributed by atoms with Gasteiger partial charge in [0.05, 0.1) is 5.02 Å². The van der Waals surface area contributed by atoms with Crippen molar-refractivity contribution in [2.45, 2.75) is 31.9 Å². The number of hydrogen-bond acceptors (Lipinski definition) is 4. The summed E-state index contributed by atoms with van der Waals surface area (Å²) in [4.78, 5) is 2.14. The van der Waals surface area contributed by atoms with Gasteiger partial charge in [-0.25, -0.2) is 0 Å². The summed E-state index contributed by atoms with van der Waals surface area (Å²) in [5, 5.41) is 10.7. The number of ether oxygens (including phenoxy) is 1. The van der Waals surface area contributed by atoms with E-state index in [0.717, 1.165) is 29.9 Å². The molecule has 1 aliphatic heterocycles. The topological polar surface area (TPSA) is 49.8 Å². The second kappa shape index (κ2) is 8.29. The fourth-order valence-corrected chi connectivity index (χ4v) is 4.11. The standard InChI is InChI=1S/C16H24ClNO3S/c1-12-3-4-15(17)16(9-12)21-11-14(19)10-18(2)13-5-7-22(20)8-6-13/h3-4,9,13-14,19H,5-8,10-11H2,1-2H3/t13?,14-,22?/m0/s1. The summed E-state index contributed by atoms with van der Waals surface area (Å²) in [5.74, 6) is 2.14. The number of halogens is 1. The van der Waals surface area contributed by atoms with E-state index < -0.39 is 16.9 Å². The zero-order chi connectivity index (χ0) is 16.1. The SMILES string of the molecule is Cc1ccc(Cl)c(OC[C@@H](O)CN(C)C2CCS(=O)CC2)c1. The summed E-state index contributed by atoms with van der Waals surface area (Å²) in [5.41, 5.74) is 1.07. The molecule has 0 saturated carbocycles. The highest BCUT2D eigenvalue weighted by molar-refractivity contribution is 7.85. The van der Waals surface area contributed by atoms with E-state index in [4.69, 9.17) is 16.3 Å². The first-order valence-electron chi connectivity index (χ1n) is 7.58. The lowest BCUT2D eigenvalue weighted by atomic mass is 10.1. The van der Waals surface area contributed by atoms with E-state index in [1.54, 1.807) is 6.07 Å². The van der Waals surface area contributed by atoms with Crippen molar-refractivity contribution in [3.8, 4) is 5.75 Å². The fraction of sp³-hybridized carbons (Fsp3) is 0.625. The highest BCUT2D eigenvalue weighted by Gasteiger charge is 2.23. The van der Waals surface area contributed by atoms with Gasteiger partial charge in [-0.1, -0.05) is 17.7 Å². The highest BCUT2D eigenvalue weighted by atomic mass is 35.5. The zero-order valence-corrected chi connectivity index (χ0v) is 14.7. The smallest absolute Gasteiger partial charge is 0.138 e. The average molecular weight is 346 g/mol. The maximum atomic E-state index is 11.4. The van der Waals surface area contributed by atoms with Crippen LogP contribution in [0.25, 0.3) is 0 Å². The van der Waals surface area contributed by atoms with Gasteiger partial charge in [-0.15, -0.1) is 0 Å². The Morgan fingerprint density at radius 1 is 1.45 bits per heavy atom. The first-order chi connectivity index (χ1) is 10.5. The molecule has 0 bridgehead atoms. The van der Waals surface area contributed by atoms with Gasteiger partial charge in [0.25, 0.3) is 0 Å². The minimum Gasteiger partial charge on any atom is -0.489 e. The lowest BCUT2D eigenvalue weighted by Gasteiger charge is -2.32. The van der Waals surface area contributed by atoms with E-state index in [-0.39, 0.29) is 6.61 Å². The molecule has 0 amide bonds. The van der Waals surface area contributed by atoms with Crippen molar-refractivity contribution in [3.63, 3.8) is 0 Å². The predicted octanol–water partition coefficient (Wildman–Crippen LogP) is 2.23. The maximum absolute atomic E-state index is 11.4. The second-order valence-electron chi connectivity index (χ2n) is 5.92. The Labute approximate surface area is 139 Å². The molecule has 0 aliphatic carbocycles. The Hall–Kier alpha value is -0.620. The third-order valence-corrected chi connectivity index (χ3v) is 5.69. The molecule has 22 heavy (non-hydrogen) atoms. The molecule has 0 spiro atoms. The Morgan fingerprint density at radius 2 is 2.14 bits per heavy atom. The largest absolute Gasteiger partial charge is 0.489 e. The van der Waals surface area contributed by atoms with Crippen molar-refractivity contribution in [2.75, 3.05) is 31.7 Å². The lowest BCUT2D eigenvalue weighted by Crippen LogP contribution is -2.42. The number of rotatable bonds is 6.